The molecule has 0 N–H and O–H groups in total. The second-order valence-electron chi connectivity index (χ2n) is 7.07. The van der Waals surface area contributed by atoms with Gasteiger partial charge in [-0.3, -0.25) is 4.79 Å². The number of benzene rings is 2. The first kappa shape index (κ1) is 14.5. The molecular weight excluding hydrogens is 284 g/mol. The Morgan fingerprint density at radius 3 is 2.04 bits per heavy atom. The lowest BCUT2D eigenvalue weighted by molar-refractivity contribution is -0.149. The van der Waals surface area contributed by atoms with Gasteiger partial charge in [-0.05, 0) is 28.7 Å². The van der Waals surface area contributed by atoms with Crippen LogP contribution in [0.15, 0.2) is 48.5 Å². The van der Waals surface area contributed by atoms with Crippen LogP contribution in [0.3, 0.4) is 0 Å². The Balaban J connectivity index is 1.70. The van der Waals surface area contributed by atoms with E-state index in [1.165, 1.54) is 22.3 Å². The standard InChI is InChI=1S/C21H22O2/c1-13(2)21(22)23-12-14-11-19-15-7-3-5-9-17(15)20(14)18-10-6-4-8-16(18)19/h3-10,13-14,19-20H,11-12H2,1-2H3/t14-,19?,20?/m1/s1. The number of carbonyl (C=O) groups excluding carboxylic acids is 1. The number of esters is 1. The van der Waals surface area contributed by atoms with Gasteiger partial charge < -0.3 is 4.74 Å². The minimum absolute atomic E-state index is 0.0599. The van der Waals surface area contributed by atoms with Crippen LogP contribution in [0.25, 0.3) is 0 Å². The Morgan fingerprint density at radius 2 is 1.52 bits per heavy atom. The topological polar surface area (TPSA) is 26.3 Å². The molecular formula is C21H22O2. The summed E-state index contributed by atoms with van der Waals surface area (Å²) in [4.78, 5) is 11.9. The quantitative estimate of drug-likeness (QED) is 0.781. The van der Waals surface area contributed by atoms with Gasteiger partial charge >= 0.3 is 5.97 Å². The molecule has 118 valence electrons. The molecule has 0 fully saturated rings. The first-order valence-electron chi connectivity index (χ1n) is 8.51. The maximum atomic E-state index is 11.9. The van der Waals surface area contributed by atoms with Crippen LogP contribution < -0.4 is 0 Å². The molecule has 3 aliphatic carbocycles. The molecule has 2 heteroatoms. The molecule has 3 aliphatic rings. The SMILES string of the molecule is CC(C)C(=O)OC[C@H]1CC2c3ccccc3C1c1ccccc12. The zero-order valence-electron chi connectivity index (χ0n) is 13.7. The van der Waals surface area contributed by atoms with Gasteiger partial charge in [0.1, 0.15) is 0 Å². The molecule has 2 nitrogen and oxygen atoms in total. The van der Waals surface area contributed by atoms with Gasteiger partial charge in [0.25, 0.3) is 0 Å². The van der Waals surface area contributed by atoms with E-state index in [0.717, 1.165) is 6.42 Å². The van der Waals surface area contributed by atoms with Crippen LogP contribution in [0.2, 0.25) is 0 Å². The zero-order valence-corrected chi connectivity index (χ0v) is 13.7. The number of rotatable bonds is 3. The fourth-order valence-corrected chi connectivity index (χ4v) is 4.28. The van der Waals surface area contributed by atoms with Crippen molar-refractivity contribution in [3.8, 4) is 0 Å². The summed E-state index contributed by atoms with van der Waals surface area (Å²) >= 11 is 0. The molecule has 2 aromatic rings. The number of carbonyl (C=O) groups is 1. The smallest absolute Gasteiger partial charge is 0.308 e. The van der Waals surface area contributed by atoms with Crippen molar-refractivity contribution in [3.63, 3.8) is 0 Å². The van der Waals surface area contributed by atoms with Crippen molar-refractivity contribution >= 4 is 5.97 Å². The Hall–Kier alpha value is -2.09. The summed E-state index contributed by atoms with van der Waals surface area (Å²) in [5, 5.41) is 0. The number of ether oxygens (including phenoxy) is 1. The summed E-state index contributed by atoms with van der Waals surface area (Å²) in [5.74, 6) is 1.03. The first-order valence-corrected chi connectivity index (χ1v) is 8.51. The molecule has 0 aromatic heterocycles. The van der Waals surface area contributed by atoms with Gasteiger partial charge in [-0.1, -0.05) is 62.4 Å². The van der Waals surface area contributed by atoms with Crippen LogP contribution in [0.1, 0.15) is 54.4 Å². The largest absolute Gasteiger partial charge is 0.465 e. The summed E-state index contributed by atoms with van der Waals surface area (Å²) in [6.45, 7) is 4.31. The van der Waals surface area contributed by atoms with Gasteiger partial charge in [0.2, 0.25) is 0 Å². The molecule has 2 bridgehead atoms. The van der Waals surface area contributed by atoms with Crippen molar-refractivity contribution < 1.29 is 9.53 Å². The normalized spacial score (nSPS) is 24.2. The van der Waals surface area contributed by atoms with Crippen molar-refractivity contribution in [1.82, 2.24) is 0 Å². The van der Waals surface area contributed by atoms with Gasteiger partial charge in [-0.2, -0.15) is 0 Å². The molecule has 0 heterocycles. The number of hydrogen-bond acceptors (Lipinski definition) is 2. The average Bonchev–Trinajstić information content (AvgIpc) is 2.59. The molecule has 2 aromatic carbocycles. The van der Waals surface area contributed by atoms with E-state index in [9.17, 15) is 4.79 Å². The van der Waals surface area contributed by atoms with Crippen LogP contribution in [0, 0.1) is 11.8 Å². The third kappa shape index (κ3) is 2.28. The van der Waals surface area contributed by atoms with Gasteiger partial charge in [0, 0.05) is 17.8 Å². The van der Waals surface area contributed by atoms with Crippen molar-refractivity contribution in [2.24, 2.45) is 11.8 Å². The van der Waals surface area contributed by atoms with Crippen molar-refractivity contribution in [3.05, 3.63) is 70.8 Å². The van der Waals surface area contributed by atoms with Crippen molar-refractivity contribution in [2.45, 2.75) is 32.1 Å². The highest BCUT2D eigenvalue weighted by Crippen LogP contribution is 2.55. The summed E-state index contributed by atoms with van der Waals surface area (Å²) in [5.41, 5.74) is 5.77. The molecule has 0 spiro atoms. The summed E-state index contributed by atoms with van der Waals surface area (Å²) in [7, 11) is 0. The second kappa shape index (κ2) is 5.52. The third-order valence-electron chi connectivity index (χ3n) is 5.33. The van der Waals surface area contributed by atoms with Gasteiger partial charge in [0.05, 0.1) is 12.5 Å². The van der Waals surface area contributed by atoms with E-state index in [-0.39, 0.29) is 11.9 Å². The molecule has 23 heavy (non-hydrogen) atoms. The molecule has 0 aliphatic heterocycles. The second-order valence-corrected chi connectivity index (χ2v) is 7.07. The first-order chi connectivity index (χ1) is 11.2. The van der Waals surface area contributed by atoms with Gasteiger partial charge in [-0.25, -0.2) is 0 Å². The summed E-state index contributed by atoms with van der Waals surface area (Å²) in [6.07, 6.45) is 1.07. The van der Waals surface area contributed by atoms with E-state index in [1.807, 2.05) is 13.8 Å². The molecule has 0 amide bonds. The molecule has 0 unspecified atom stereocenters. The van der Waals surface area contributed by atoms with Gasteiger partial charge in [-0.15, -0.1) is 0 Å². The Bertz CT molecular complexity index is 700. The highest BCUT2D eigenvalue weighted by atomic mass is 16.5. The Morgan fingerprint density at radius 1 is 1.00 bits per heavy atom. The predicted molar refractivity (Wildman–Crippen MR) is 90.5 cm³/mol. The molecule has 0 radical (unpaired) electrons. The van der Waals surface area contributed by atoms with E-state index in [4.69, 9.17) is 4.74 Å². The van der Waals surface area contributed by atoms with Crippen molar-refractivity contribution in [1.29, 1.82) is 0 Å². The lowest BCUT2D eigenvalue weighted by atomic mass is 9.59. The lowest BCUT2D eigenvalue weighted by Gasteiger charge is -2.45. The fourth-order valence-electron chi connectivity index (χ4n) is 4.28. The predicted octanol–water partition coefficient (Wildman–Crippen LogP) is 4.48. The zero-order chi connectivity index (χ0) is 16.0. The highest BCUT2D eigenvalue weighted by Gasteiger charge is 2.43. The maximum absolute atomic E-state index is 11.9. The monoisotopic (exact) mass is 306 g/mol. The van der Waals surface area contributed by atoms with E-state index in [1.54, 1.807) is 0 Å². The fraction of sp³-hybridized carbons (Fsp3) is 0.381. The van der Waals surface area contributed by atoms with E-state index in [2.05, 4.69) is 48.5 Å². The minimum Gasteiger partial charge on any atom is -0.465 e. The average molecular weight is 306 g/mol. The van der Waals surface area contributed by atoms with Crippen molar-refractivity contribution in [2.75, 3.05) is 6.61 Å². The molecule has 5 rings (SSSR count). The van der Waals surface area contributed by atoms with Crippen LogP contribution in [-0.2, 0) is 9.53 Å². The number of fused-ring (bicyclic) bond motifs is 1. The van der Waals surface area contributed by atoms with Crippen LogP contribution >= 0.6 is 0 Å². The number of hydrogen-bond donors (Lipinski definition) is 0. The molecule has 1 atom stereocenters. The van der Waals surface area contributed by atoms with E-state index in [0.29, 0.717) is 24.4 Å². The van der Waals surface area contributed by atoms with Crippen LogP contribution in [-0.4, -0.2) is 12.6 Å². The van der Waals surface area contributed by atoms with Crippen LogP contribution in [0.4, 0.5) is 0 Å². The lowest BCUT2D eigenvalue weighted by Crippen LogP contribution is -2.35. The van der Waals surface area contributed by atoms with E-state index >= 15 is 0 Å². The maximum Gasteiger partial charge on any atom is 0.308 e. The highest BCUT2D eigenvalue weighted by molar-refractivity contribution is 5.71. The van der Waals surface area contributed by atoms with Gasteiger partial charge in [0.15, 0.2) is 0 Å². The molecule has 0 saturated carbocycles. The van der Waals surface area contributed by atoms with E-state index < -0.39 is 0 Å². The summed E-state index contributed by atoms with van der Waals surface area (Å²) in [6, 6.07) is 17.5. The third-order valence-corrected chi connectivity index (χ3v) is 5.33. The Labute approximate surface area is 137 Å². The Kier molecular flexibility index (Phi) is 3.48. The molecule has 0 saturated heterocycles. The minimum atomic E-state index is -0.0898. The van der Waals surface area contributed by atoms with Crippen LogP contribution in [0.5, 0.6) is 0 Å². The summed E-state index contributed by atoms with van der Waals surface area (Å²) < 4.78 is 5.59.